The van der Waals surface area contributed by atoms with Crippen LogP contribution in [0.25, 0.3) is 0 Å². The predicted molar refractivity (Wildman–Crippen MR) is 99.4 cm³/mol. The second-order valence-electron chi connectivity index (χ2n) is 6.43. The molecule has 136 valence electrons. The number of amides is 2. The lowest BCUT2D eigenvalue weighted by atomic mass is 10.2. The highest BCUT2D eigenvalue weighted by Crippen LogP contribution is 2.24. The van der Waals surface area contributed by atoms with Crippen LogP contribution in [0.1, 0.15) is 24.8 Å². The van der Waals surface area contributed by atoms with Crippen molar-refractivity contribution in [3.8, 4) is 0 Å². The van der Waals surface area contributed by atoms with Gasteiger partial charge in [-0.2, -0.15) is 0 Å². The first-order valence-electron chi connectivity index (χ1n) is 8.41. The zero-order valence-electron chi connectivity index (χ0n) is 13.9. The number of nitrogens with one attached hydrogen (secondary N) is 1. The van der Waals surface area contributed by atoms with Crippen LogP contribution in [0.15, 0.2) is 24.3 Å². The van der Waals surface area contributed by atoms with E-state index in [1.165, 1.54) is 11.8 Å². The molecule has 0 saturated carbocycles. The zero-order chi connectivity index (χ0) is 17.9. The van der Waals surface area contributed by atoms with Crippen LogP contribution in [0.2, 0.25) is 0 Å². The van der Waals surface area contributed by atoms with Crippen LogP contribution in [0, 0.1) is 0 Å². The van der Waals surface area contributed by atoms with Crippen molar-refractivity contribution in [3.63, 3.8) is 0 Å². The van der Waals surface area contributed by atoms with Crippen molar-refractivity contribution in [1.82, 2.24) is 5.32 Å². The summed E-state index contributed by atoms with van der Waals surface area (Å²) in [6.45, 7) is 1.19. The summed E-state index contributed by atoms with van der Waals surface area (Å²) in [6, 6.07) is 7.64. The second kappa shape index (κ2) is 7.78. The van der Waals surface area contributed by atoms with Gasteiger partial charge in [-0.1, -0.05) is 12.1 Å². The highest BCUT2D eigenvalue weighted by atomic mass is 32.2. The van der Waals surface area contributed by atoms with Crippen molar-refractivity contribution in [2.45, 2.75) is 31.1 Å². The number of nitrogens with zero attached hydrogens (tertiary/aromatic N) is 1. The predicted octanol–water partition coefficient (Wildman–Crippen LogP) is 1.35. The summed E-state index contributed by atoms with van der Waals surface area (Å²) < 4.78 is 22.8. The number of thioether (sulfide) groups is 1. The van der Waals surface area contributed by atoms with E-state index in [1.54, 1.807) is 4.90 Å². The van der Waals surface area contributed by atoms with Crippen molar-refractivity contribution >= 4 is 39.1 Å². The molecule has 6 nitrogen and oxygen atoms in total. The fourth-order valence-electron chi connectivity index (χ4n) is 3.05. The Morgan fingerprint density at radius 1 is 1.28 bits per heavy atom. The zero-order valence-corrected chi connectivity index (χ0v) is 15.6. The minimum absolute atomic E-state index is 0.0352. The number of carbonyl (C=O) groups is 2. The van der Waals surface area contributed by atoms with E-state index in [-0.39, 0.29) is 34.3 Å². The molecular formula is C17H22N2O4S2. The van der Waals surface area contributed by atoms with Crippen molar-refractivity contribution in [3.05, 3.63) is 29.8 Å². The maximum absolute atomic E-state index is 11.9. The Labute approximate surface area is 152 Å². The Balaban J connectivity index is 1.42. The number of anilines is 1. The summed E-state index contributed by atoms with van der Waals surface area (Å²) >= 11 is 1.41. The van der Waals surface area contributed by atoms with E-state index in [4.69, 9.17) is 0 Å². The van der Waals surface area contributed by atoms with Gasteiger partial charge in [0.1, 0.15) is 0 Å². The van der Waals surface area contributed by atoms with Crippen molar-refractivity contribution in [1.29, 1.82) is 0 Å². The summed E-state index contributed by atoms with van der Waals surface area (Å²) in [5.74, 6) is 0.764. The number of benzene rings is 1. The smallest absolute Gasteiger partial charge is 0.230 e. The number of rotatable bonds is 6. The van der Waals surface area contributed by atoms with Gasteiger partial charge in [-0.25, -0.2) is 8.42 Å². The van der Waals surface area contributed by atoms with Gasteiger partial charge in [0.2, 0.25) is 11.8 Å². The van der Waals surface area contributed by atoms with Crippen LogP contribution in [0.3, 0.4) is 0 Å². The van der Waals surface area contributed by atoms with Gasteiger partial charge in [0, 0.05) is 30.4 Å². The monoisotopic (exact) mass is 382 g/mol. The molecule has 2 saturated heterocycles. The van der Waals surface area contributed by atoms with Crippen molar-refractivity contribution < 1.29 is 18.0 Å². The molecule has 25 heavy (non-hydrogen) atoms. The van der Waals surface area contributed by atoms with E-state index in [2.05, 4.69) is 5.32 Å². The molecule has 2 amide bonds. The van der Waals surface area contributed by atoms with Gasteiger partial charge in [0.15, 0.2) is 9.84 Å². The standard InChI is InChI=1S/C17H22N2O4S2/c20-16(11-24-15-7-9-25(22,23)12-15)18-10-13-3-5-14(6-4-13)19-8-1-2-17(19)21/h3-6,15H,1-2,7-12H2,(H,18,20)/t15-/m0/s1. The number of carbonyl (C=O) groups excluding carboxylic acids is 2. The van der Waals surface area contributed by atoms with E-state index in [1.807, 2.05) is 24.3 Å². The molecule has 0 bridgehead atoms. The van der Waals surface area contributed by atoms with Crippen LogP contribution >= 0.6 is 11.8 Å². The fourth-order valence-corrected chi connectivity index (χ4v) is 6.53. The summed E-state index contributed by atoms with van der Waals surface area (Å²) in [6.07, 6.45) is 2.14. The molecule has 0 spiro atoms. The van der Waals surface area contributed by atoms with Crippen LogP contribution in [-0.2, 0) is 26.0 Å². The van der Waals surface area contributed by atoms with E-state index in [0.717, 1.165) is 24.2 Å². The van der Waals surface area contributed by atoms with Gasteiger partial charge in [-0.3, -0.25) is 9.59 Å². The summed E-state index contributed by atoms with van der Waals surface area (Å²) in [7, 11) is -2.89. The van der Waals surface area contributed by atoms with Gasteiger partial charge in [-0.15, -0.1) is 11.8 Å². The number of hydrogen-bond donors (Lipinski definition) is 1. The van der Waals surface area contributed by atoms with E-state index in [0.29, 0.717) is 19.4 Å². The lowest BCUT2D eigenvalue weighted by Crippen LogP contribution is -2.26. The average molecular weight is 383 g/mol. The molecule has 1 aromatic rings. The van der Waals surface area contributed by atoms with Gasteiger partial charge in [0.25, 0.3) is 0 Å². The molecule has 1 aromatic carbocycles. The Kier molecular flexibility index (Phi) is 5.68. The Hall–Kier alpha value is -1.54. The van der Waals surface area contributed by atoms with Crippen LogP contribution in [-0.4, -0.2) is 49.3 Å². The van der Waals surface area contributed by atoms with E-state index in [9.17, 15) is 18.0 Å². The maximum Gasteiger partial charge on any atom is 0.230 e. The molecule has 0 aromatic heterocycles. The Morgan fingerprint density at radius 3 is 2.64 bits per heavy atom. The minimum atomic E-state index is -2.89. The molecule has 1 atom stereocenters. The first-order chi connectivity index (χ1) is 11.9. The second-order valence-corrected chi connectivity index (χ2v) is 9.95. The molecule has 2 aliphatic rings. The maximum atomic E-state index is 11.9. The Morgan fingerprint density at radius 2 is 2.04 bits per heavy atom. The summed E-state index contributed by atoms with van der Waals surface area (Å²) in [5.41, 5.74) is 1.87. The fraction of sp³-hybridized carbons (Fsp3) is 0.529. The molecule has 2 heterocycles. The highest BCUT2D eigenvalue weighted by Gasteiger charge is 2.28. The lowest BCUT2D eigenvalue weighted by molar-refractivity contribution is -0.119. The molecule has 0 aliphatic carbocycles. The van der Waals surface area contributed by atoms with Gasteiger partial charge in [-0.05, 0) is 30.5 Å². The molecule has 2 aliphatic heterocycles. The molecule has 1 N–H and O–H groups in total. The first-order valence-corrected chi connectivity index (χ1v) is 11.3. The quantitative estimate of drug-likeness (QED) is 0.803. The Bertz CT molecular complexity index is 746. The first kappa shape index (κ1) is 18.3. The van der Waals surface area contributed by atoms with Gasteiger partial charge in [0.05, 0.1) is 17.3 Å². The SMILES string of the molecule is O=C(CS[C@H]1CCS(=O)(=O)C1)NCc1ccc(N2CCCC2=O)cc1. The van der Waals surface area contributed by atoms with Crippen molar-refractivity contribution in [2.24, 2.45) is 0 Å². The third-order valence-corrected chi connectivity index (χ3v) is 7.73. The van der Waals surface area contributed by atoms with E-state index < -0.39 is 9.84 Å². The molecule has 0 radical (unpaired) electrons. The van der Waals surface area contributed by atoms with E-state index >= 15 is 0 Å². The minimum Gasteiger partial charge on any atom is -0.351 e. The number of hydrogen-bond acceptors (Lipinski definition) is 5. The van der Waals surface area contributed by atoms with Crippen molar-refractivity contribution in [2.75, 3.05) is 28.7 Å². The lowest BCUT2D eigenvalue weighted by Gasteiger charge is -2.16. The topological polar surface area (TPSA) is 83.6 Å². The molecule has 8 heteroatoms. The molecule has 0 unspecified atom stereocenters. The molecule has 3 rings (SSSR count). The summed E-state index contributed by atoms with van der Waals surface area (Å²) in [5, 5.41) is 2.89. The van der Waals surface area contributed by atoms with Crippen LogP contribution < -0.4 is 10.2 Å². The number of sulfone groups is 1. The van der Waals surface area contributed by atoms with Gasteiger partial charge >= 0.3 is 0 Å². The largest absolute Gasteiger partial charge is 0.351 e. The average Bonchev–Trinajstić information content (AvgIpc) is 3.16. The third-order valence-electron chi connectivity index (χ3n) is 4.45. The third kappa shape index (κ3) is 4.98. The summed E-state index contributed by atoms with van der Waals surface area (Å²) in [4.78, 5) is 25.4. The van der Waals surface area contributed by atoms with Gasteiger partial charge < -0.3 is 10.2 Å². The highest BCUT2D eigenvalue weighted by molar-refractivity contribution is 8.02. The van der Waals surface area contributed by atoms with Crippen LogP contribution in [0.4, 0.5) is 5.69 Å². The molecular weight excluding hydrogens is 360 g/mol. The van der Waals surface area contributed by atoms with Crippen LogP contribution in [0.5, 0.6) is 0 Å². The molecule has 2 fully saturated rings. The normalized spacial score (nSPS) is 22.3.